The van der Waals surface area contributed by atoms with E-state index in [0.29, 0.717) is 18.2 Å². The van der Waals surface area contributed by atoms with Gasteiger partial charge < -0.3 is 14.5 Å². The molecule has 0 radical (unpaired) electrons. The van der Waals surface area contributed by atoms with Crippen molar-refractivity contribution in [2.45, 2.75) is 19.4 Å². The maximum absolute atomic E-state index is 13.1. The van der Waals surface area contributed by atoms with Crippen LogP contribution in [0.1, 0.15) is 22.6 Å². The fourth-order valence-corrected chi connectivity index (χ4v) is 3.92. The van der Waals surface area contributed by atoms with Crippen molar-refractivity contribution in [3.8, 4) is 0 Å². The van der Waals surface area contributed by atoms with Crippen molar-refractivity contribution in [1.82, 2.24) is 19.2 Å². The molecular formula is C18H24N4O2. The Morgan fingerprint density at radius 2 is 2.17 bits per heavy atom. The number of amides is 1. The molecule has 2 fully saturated rings. The van der Waals surface area contributed by atoms with Crippen LogP contribution < -0.4 is 0 Å². The molecule has 4 heterocycles. The van der Waals surface area contributed by atoms with Crippen molar-refractivity contribution in [1.29, 1.82) is 0 Å². The average molecular weight is 328 g/mol. The van der Waals surface area contributed by atoms with E-state index in [-0.39, 0.29) is 12.0 Å². The number of pyridine rings is 1. The van der Waals surface area contributed by atoms with E-state index in [1.807, 2.05) is 40.6 Å². The van der Waals surface area contributed by atoms with Gasteiger partial charge in [-0.3, -0.25) is 9.20 Å². The number of likely N-dealkylation sites (N-methyl/N-ethyl adjacent to an activating group) is 1. The number of imidazole rings is 1. The lowest BCUT2D eigenvalue weighted by atomic mass is 9.93. The van der Waals surface area contributed by atoms with Crippen molar-refractivity contribution in [3.05, 3.63) is 35.8 Å². The first-order chi connectivity index (χ1) is 11.6. The first-order valence-corrected chi connectivity index (χ1v) is 8.66. The highest BCUT2D eigenvalue weighted by atomic mass is 16.5. The number of hydrogen-bond donors (Lipinski definition) is 0. The van der Waals surface area contributed by atoms with Crippen molar-refractivity contribution >= 4 is 11.6 Å². The van der Waals surface area contributed by atoms with Crippen LogP contribution in [-0.4, -0.2) is 71.0 Å². The van der Waals surface area contributed by atoms with Gasteiger partial charge in [0.15, 0.2) is 0 Å². The van der Waals surface area contributed by atoms with Crippen molar-refractivity contribution in [2.75, 3.05) is 39.8 Å². The van der Waals surface area contributed by atoms with Crippen LogP contribution >= 0.6 is 0 Å². The number of aromatic nitrogens is 2. The Morgan fingerprint density at radius 1 is 1.29 bits per heavy atom. The van der Waals surface area contributed by atoms with Crippen LogP contribution in [0.25, 0.3) is 5.65 Å². The third kappa shape index (κ3) is 2.70. The number of carbonyl (C=O) groups excluding carboxylic acids is 1. The largest absolute Gasteiger partial charge is 0.375 e. The summed E-state index contributed by atoms with van der Waals surface area (Å²) >= 11 is 0. The lowest BCUT2D eigenvalue weighted by Gasteiger charge is -2.37. The smallest absolute Gasteiger partial charge is 0.272 e. The molecule has 0 aliphatic carbocycles. The highest BCUT2D eigenvalue weighted by Crippen LogP contribution is 2.25. The quantitative estimate of drug-likeness (QED) is 0.795. The molecular weight excluding hydrogens is 304 g/mol. The van der Waals surface area contributed by atoms with Gasteiger partial charge in [0.2, 0.25) is 0 Å². The summed E-state index contributed by atoms with van der Waals surface area (Å²) in [5.41, 5.74) is 2.28. The summed E-state index contributed by atoms with van der Waals surface area (Å²) in [7, 11) is 2.14. The van der Waals surface area contributed by atoms with Gasteiger partial charge in [0.25, 0.3) is 5.91 Å². The minimum Gasteiger partial charge on any atom is -0.375 e. The summed E-state index contributed by atoms with van der Waals surface area (Å²) in [4.78, 5) is 21.9. The molecule has 4 rings (SSSR count). The Balaban J connectivity index is 1.58. The van der Waals surface area contributed by atoms with Gasteiger partial charge in [0.1, 0.15) is 11.3 Å². The zero-order valence-electron chi connectivity index (χ0n) is 14.3. The van der Waals surface area contributed by atoms with E-state index < -0.39 is 0 Å². The molecule has 0 aromatic carbocycles. The molecule has 6 nitrogen and oxygen atoms in total. The van der Waals surface area contributed by atoms with E-state index in [9.17, 15) is 4.79 Å². The molecule has 2 aromatic heterocycles. The lowest BCUT2D eigenvalue weighted by Crippen LogP contribution is -2.49. The van der Waals surface area contributed by atoms with Crippen LogP contribution in [0, 0.1) is 12.8 Å². The third-order valence-corrected chi connectivity index (χ3v) is 5.24. The molecule has 2 aromatic rings. The van der Waals surface area contributed by atoms with Gasteiger partial charge >= 0.3 is 0 Å². The third-order valence-electron chi connectivity index (χ3n) is 5.24. The van der Waals surface area contributed by atoms with Gasteiger partial charge in [-0.15, -0.1) is 0 Å². The molecule has 128 valence electrons. The highest BCUT2D eigenvalue weighted by molar-refractivity contribution is 5.94. The Labute approximate surface area is 142 Å². The Bertz CT molecular complexity index is 757. The van der Waals surface area contributed by atoms with Crippen molar-refractivity contribution < 1.29 is 9.53 Å². The number of carbonyl (C=O) groups is 1. The molecule has 2 aliphatic heterocycles. The highest BCUT2D eigenvalue weighted by Gasteiger charge is 2.35. The van der Waals surface area contributed by atoms with E-state index >= 15 is 0 Å². The van der Waals surface area contributed by atoms with Crippen molar-refractivity contribution in [2.24, 2.45) is 5.92 Å². The number of hydrogen-bond acceptors (Lipinski definition) is 4. The summed E-state index contributed by atoms with van der Waals surface area (Å²) in [6, 6.07) is 5.80. The molecule has 0 bridgehead atoms. The van der Waals surface area contributed by atoms with E-state index in [2.05, 4.69) is 16.9 Å². The van der Waals surface area contributed by atoms with Gasteiger partial charge in [-0.1, -0.05) is 6.07 Å². The number of aryl methyl sites for hydroxylation is 1. The monoisotopic (exact) mass is 328 g/mol. The molecule has 0 N–H and O–H groups in total. The summed E-state index contributed by atoms with van der Waals surface area (Å²) in [5.74, 6) is 0.579. The molecule has 6 heteroatoms. The Hall–Kier alpha value is -1.92. The maximum atomic E-state index is 13.1. The van der Waals surface area contributed by atoms with Crippen LogP contribution in [0.3, 0.4) is 0 Å². The SMILES string of the molecule is Cc1nc2ccccn2c1C(=O)N1CCC2CN(C)CCOC2C1. The molecule has 0 saturated carbocycles. The maximum Gasteiger partial charge on any atom is 0.272 e. The van der Waals surface area contributed by atoms with E-state index in [4.69, 9.17) is 4.74 Å². The van der Waals surface area contributed by atoms with Gasteiger partial charge in [-0.05, 0) is 32.5 Å². The number of likely N-dealkylation sites (tertiary alicyclic amines) is 1. The molecule has 0 spiro atoms. The summed E-state index contributed by atoms with van der Waals surface area (Å²) in [5, 5.41) is 0. The predicted octanol–water partition coefficient (Wildman–Crippen LogP) is 1.44. The average Bonchev–Trinajstić information content (AvgIpc) is 2.78. The van der Waals surface area contributed by atoms with Crippen LogP contribution in [0.5, 0.6) is 0 Å². The first kappa shape index (κ1) is 15.6. The minimum absolute atomic E-state index is 0.0610. The number of rotatable bonds is 1. The second-order valence-electron chi connectivity index (χ2n) is 6.95. The van der Waals surface area contributed by atoms with E-state index in [0.717, 1.165) is 44.0 Å². The van der Waals surface area contributed by atoms with Gasteiger partial charge in [-0.2, -0.15) is 0 Å². The number of ether oxygens (including phenoxy) is 1. The fraction of sp³-hybridized carbons (Fsp3) is 0.556. The predicted molar refractivity (Wildman–Crippen MR) is 91.2 cm³/mol. The first-order valence-electron chi connectivity index (χ1n) is 8.66. The molecule has 2 saturated heterocycles. The van der Waals surface area contributed by atoms with Crippen LogP contribution in [0.15, 0.2) is 24.4 Å². The molecule has 2 aliphatic rings. The fourth-order valence-electron chi connectivity index (χ4n) is 3.92. The van der Waals surface area contributed by atoms with Gasteiger partial charge in [0, 0.05) is 38.3 Å². The zero-order valence-corrected chi connectivity index (χ0v) is 14.3. The Morgan fingerprint density at radius 3 is 3.04 bits per heavy atom. The number of piperidine rings is 1. The zero-order chi connectivity index (χ0) is 16.7. The van der Waals surface area contributed by atoms with Crippen LogP contribution in [-0.2, 0) is 4.74 Å². The topological polar surface area (TPSA) is 50.1 Å². The normalized spacial score (nSPS) is 25.5. The number of nitrogens with zero attached hydrogens (tertiary/aromatic N) is 4. The van der Waals surface area contributed by atoms with Crippen molar-refractivity contribution in [3.63, 3.8) is 0 Å². The van der Waals surface area contributed by atoms with Gasteiger partial charge in [-0.25, -0.2) is 4.98 Å². The summed E-state index contributed by atoms with van der Waals surface area (Å²) < 4.78 is 7.93. The lowest BCUT2D eigenvalue weighted by molar-refractivity contribution is -0.0172. The van der Waals surface area contributed by atoms with Crippen LogP contribution in [0.2, 0.25) is 0 Å². The minimum atomic E-state index is 0.0610. The number of fused-ring (bicyclic) bond motifs is 2. The molecule has 2 atom stereocenters. The molecule has 1 amide bonds. The van der Waals surface area contributed by atoms with E-state index in [1.165, 1.54) is 0 Å². The Kier molecular flexibility index (Phi) is 4.02. The summed E-state index contributed by atoms with van der Waals surface area (Å²) in [6.07, 6.45) is 3.05. The molecule has 24 heavy (non-hydrogen) atoms. The van der Waals surface area contributed by atoms with Gasteiger partial charge in [0.05, 0.1) is 18.4 Å². The summed E-state index contributed by atoms with van der Waals surface area (Å²) in [6.45, 7) is 6.14. The molecule has 2 unspecified atom stereocenters. The van der Waals surface area contributed by atoms with Crippen LogP contribution in [0.4, 0.5) is 0 Å². The second-order valence-corrected chi connectivity index (χ2v) is 6.95. The second kappa shape index (κ2) is 6.18. The standard InChI is InChI=1S/C18H24N4O2/c1-13-17(22-7-4-3-5-16(22)19-13)18(23)21-8-6-14-11-20(2)9-10-24-15(14)12-21/h3-5,7,14-15H,6,8-12H2,1-2H3. The van der Waals surface area contributed by atoms with E-state index in [1.54, 1.807) is 0 Å².